The van der Waals surface area contributed by atoms with Gasteiger partial charge in [-0.3, -0.25) is 9.59 Å². The molecule has 5 heteroatoms. The molecule has 5 nitrogen and oxygen atoms in total. The van der Waals surface area contributed by atoms with Crippen molar-refractivity contribution in [2.45, 2.75) is 104 Å². The van der Waals surface area contributed by atoms with Crippen molar-refractivity contribution in [3.63, 3.8) is 0 Å². The average Bonchev–Trinajstić information content (AvgIpc) is 2.80. The van der Waals surface area contributed by atoms with E-state index in [2.05, 4.69) is 22.8 Å². The Bertz CT molecular complexity index is 708. The second-order valence-electron chi connectivity index (χ2n) is 8.86. The summed E-state index contributed by atoms with van der Waals surface area (Å²) in [4.78, 5) is 24.5. The summed E-state index contributed by atoms with van der Waals surface area (Å²) in [6, 6.07) is 7.68. The van der Waals surface area contributed by atoms with Crippen LogP contribution in [0.3, 0.4) is 0 Å². The van der Waals surface area contributed by atoms with E-state index in [0.29, 0.717) is 6.42 Å². The number of nitrogens with zero attached hydrogens (tertiary/aromatic N) is 1. The summed E-state index contributed by atoms with van der Waals surface area (Å²) < 4.78 is 0. The minimum Gasteiger partial charge on any atom is -0.326 e. The highest BCUT2D eigenvalue weighted by molar-refractivity contribution is 6.01. The fraction of sp³-hybridized carbons (Fsp3) is 0.654. The maximum absolute atomic E-state index is 12.5. The third-order valence-corrected chi connectivity index (χ3v) is 6.13. The van der Waals surface area contributed by atoms with Crippen LogP contribution in [0.1, 0.15) is 109 Å². The molecule has 2 amide bonds. The van der Waals surface area contributed by atoms with Crippen LogP contribution in [0.4, 0.5) is 5.69 Å². The lowest BCUT2D eigenvalue weighted by Crippen LogP contribution is -2.24. The van der Waals surface area contributed by atoms with Gasteiger partial charge in [-0.2, -0.15) is 5.10 Å². The highest BCUT2D eigenvalue weighted by Crippen LogP contribution is 2.25. The van der Waals surface area contributed by atoms with E-state index >= 15 is 0 Å². The van der Waals surface area contributed by atoms with Gasteiger partial charge in [0.25, 0.3) is 0 Å². The van der Waals surface area contributed by atoms with Crippen LogP contribution in [0.2, 0.25) is 0 Å². The van der Waals surface area contributed by atoms with E-state index in [-0.39, 0.29) is 17.7 Å². The number of carbonyl (C=O) groups excluding carboxylic acids is 2. The summed E-state index contributed by atoms with van der Waals surface area (Å²) in [5.41, 5.74) is 5.09. The molecule has 1 aromatic rings. The van der Waals surface area contributed by atoms with Crippen LogP contribution in [0, 0.1) is 5.92 Å². The summed E-state index contributed by atoms with van der Waals surface area (Å²) in [5.74, 6) is 0.208. The SMILES string of the molecule is CCCCCCCCCCC(=O)N/N=C(/C)c1cccc(NC(=O)C2CCCCC2)c1. The minimum absolute atomic E-state index is 0.0351. The van der Waals surface area contributed by atoms with Gasteiger partial charge in [0, 0.05) is 18.0 Å². The van der Waals surface area contributed by atoms with Gasteiger partial charge in [0.2, 0.25) is 11.8 Å². The first kappa shape index (κ1) is 25.1. The number of hydrazone groups is 1. The third kappa shape index (κ3) is 10.1. The number of benzene rings is 1. The van der Waals surface area contributed by atoms with Crippen molar-refractivity contribution in [2.75, 3.05) is 5.32 Å². The van der Waals surface area contributed by atoms with Crippen molar-refractivity contribution in [1.29, 1.82) is 0 Å². The molecule has 2 rings (SSSR count). The van der Waals surface area contributed by atoms with Crippen LogP contribution in [0.15, 0.2) is 29.4 Å². The van der Waals surface area contributed by atoms with Crippen molar-refractivity contribution >= 4 is 23.2 Å². The fourth-order valence-corrected chi connectivity index (χ4v) is 4.12. The lowest BCUT2D eigenvalue weighted by Gasteiger charge is -2.20. The van der Waals surface area contributed by atoms with E-state index in [4.69, 9.17) is 0 Å². The number of carbonyl (C=O) groups is 2. The predicted octanol–water partition coefficient (Wildman–Crippen LogP) is 6.58. The predicted molar refractivity (Wildman–Crippen MR) is 129 cm³/mol. The van der Waals surface area contributed by atoms with Gasteiger partial charge in [0.15, 0.2) is 0 Å². The molecule has 0 aromatic heterocycles. The van der Waals surface area contributed by atoms with Crippen LogP contribution in [0.5, 0.6) is 0 Å². The van der Waals surface area contributed by atoms with Gasteiger partial charge in [0.05, 0.1) is 5.71 Å². The van der Waals surface area contributed by atoms with Gasteiger partial charge in [-0.1, -0.05) is 83.3 Å². The first-order valence-electron chi connectivity index (χ1n) is 12.3. The Kier molecular flexibility index (Phi) is 12.0. The molecule has 0 saturated heterocycles. The average molecular weight is 428 g/mol. The van der Waals surface area contributed by atoms with Gasteiger partial charge < -0.3 is 5.32 Å². The molecule has 0 bridgehead atoms. The Balaban J connectivity index is 1.71. The number of rotatable bonds is 13. The minimum atomic E-state index is -0.0351. The van der Waals surface area contributed by atoms with Crippen molar-refractivity contribution in [1.82, 2.24) is 5.43 Å². The molecule has 1 aliphatic carbocycles. The van der Waals surface area contributed by atoms with Crippen LogP contribution in [-0.4, -0.2) is 17.5 Å². The molecule has 1 aromatic carbocycles. The molecule has 0 radical (unpaired) electrons. The Hall–Kier alpha value is -2.17. The van der Waals surface area contributed by atoms with Crippen LogP contribution in [-0.2, 0) is 9.59 Å². The second kappa shape index (κ2) is 14.8. The number of unbranched alkanes of at least 4 members (excludes halogenated alkanes) is 7. The van der Waals surface area contributed by atoms with Crippen molar-refractivity contribution < 1.29 is 9.59 Å². The summed E-state index contributed by atoms with van der Waals surface area (Å²) >= 11 is 0. The maximum atomic E-state index is 12.5. The lowest BCUT2D eigenvalue weighted by atomic mass is 9.88. The fourth-order valence-electron chi connectivity index (χ4n) is 4.12. The first-order chi connectivity index (χ1) is 15.1. The molecule has 0 heterocycles. The summed E-state index contributed by atoms with van der Waals surface area (Å²) in [5, 5.41) is 7.30. The topological polar surface area (TPSA) is 70.6 Å². The zero-order valence-electron chi connectivity index (χ0n) is 19.5. The molecule has 172 valence electrons. The van der Waals surface area contributed by atoms with Crippen molar-refractivity contribution in [2.24, 2.45) is 11.0 Å². The largest absolute Gasteiger partial charge is 0.326 e. The molecular formula is C26H41N3O2. The first-order valence-corrected chi connectivity index (χ1v) is 12.3. The third-order valence-electron chi connectivity index (χ3n) is 6.13. The zero-order valence-corrected chi connectivity index (χ0v) is 19.5. The van der Waals surface area contributed by atoms with Crippen LogP contribution < -0.4 is 10.7 Å². The lowest BCUT2D eigenvalue weighted by molar-refractivity contribution is -0.121. The molecule has 1 saturated carbocycles. The smallest absolute Gasteiger partial charge is 0.240 e. The molecule has 0 spiro atoms. The molecule has 1 fully saturated rings. The highest BCUT2D eigenvalue weighted by Gasteiger charge is 2.21. The summed E-state index contributed by atoms with van der Waals surface area (Å²) in [6.07, 6.45) is 15.7. The number of hydrogen-bond donors (Lipinski definition) is 2. The molecule has 0 unspecified atom stereocenters. The molecule has 31 heavy (non-hydrogen) atoms. The van der Waals surface area contributed by atoms with E-state index in [0.717, 1.165) is 55.5 Å². The Labute approximate surface area is 188 Å². The van der Waals surface area contributed by atoms with E-state index in [9.17, 15) is 9.59 Å². The van der Waals surface area contributed by atoms with E-state index in [1.807, 2.05) is 31.2 Å². The number of amides is 2. The number of hydrogen-bond acceptors (Lipinski definition) is 3. The zero-order chi connectivity index (χ0) is 22.3. The quantitative estimate of drug-likeness (QED) is 0.212. The summed E-state index contributed by atoms with van der Waals surface area (Å²) in [7, 11) is 0. The molecular weight excluding hydrogens is 386 g/mol. The van der Waals surface area contributed by atoms with Gasteiger partial charge in [-0.05, 0) is 43.9 Å². The monoisotopic (exact) mass is 427 g/mol. The van der Waals surface area contributed by atoms with Gasteiger partial charge in [0.1, 0.15) is 0 Å². The van der Waals surface area contributed by atoms with Crippen molar-refractivity contribution in [3.8, 4) is 0 Å². The number of nitrogens with one attached hydrogen (secondary N) is 2. The molecule has 2 N–H and O–H groups in total. The standard InChI is InChI=1S/C26H41N3O2/c1-3-4-5-6-7-8-9-13-19-25(30)29-28-21(2)23-17-14-18-24(20-23)27-26(31)22-15-11-10-12-16-22/h14,17-18,20,22H,3-13,15-16,19H2,1-2H3,(H,27,31)(H,29,30)/b28-21-. The molecule has 0 atom stereocenters. The van der Waals surface area contributed by atoms with E-state index in [1.165, 1.54) is 44.9 Å². The Morgan fingerprint density at radius 3 is 2.35 bits per heavy atom. The maximum Gasteiger partial charge on any atom is 0.240 e. The van der Waals surface area contributed by atoms with Gasteiger partial charge in [-0.15, -0.1) is 0 Å². The van der Waals surface area contributed by atoms with Crippen LogP contribution >= 0.6 is 0 Å². The molecule has 0 aliphatic heterocycles. The Morgan fingerprint density at radius 1 is 0.968 bits per heavy atom. The normalized spacial score (nSPS) is 15.0. The second-order valence-corrected chi connectivity index (χ2v) is 8.86. The molecule has 1 aliphatic rings. The highest BCUT2D eigenvalue weighted by atomic mass is 16.2. The van der Waals surface area contributed by atoms with E-state index in [1.54, 1.807) is 0 Å². The number of anilines is 1. The van der Waals surface area contributed by atoms with E-state index < -0.39 is 0 Å². The van der Waals surface area contributed by atoms with Crippen LogP contribution in [0.25, 0.3) is 0 Å². The van der Waals surface area contributed by atoms with Gasteiger partial charge >= 0.3 is 0 Å². The van der Waals surface area contributed by atoms with Crippen molar-refractivity contribution in [3.05, 3.63) is 29.8 Å². The van der Waals surface area contributed by atoms with Gasteiger partial charge in [-0.25, -0.2) is 5.43 Å². The summed E-state index contributed by atoms with van der Waals surface area (Å²) in [6.45, 7) is 4.11. The Morgan fingerprint density at radius 2 is 1.65 bits per heavy atom.